The van der Waals surface area contributed by atoms with Gasteiger partial charge in [0.1, 0.15) is 11.0 Å². The minimum Gasteiger partial charge on any atom is -0.481 e. The predicted molar refractivity (Wildman–Crippen MR) is 61.1 cm³/mol. The average Bonchev–Trinajstić information content (AvgIpc) is 2.70. The summed E-state index contributed by atoms with van der Waals surface area (Å²) in [5, 5.41) is 27.4. The Kier molecular flexibility index (Phi) is 2.92. The van der Waals surface area contributed by atoms with E-state index < -0.39 is 16.9 Å². The molecule has 0 bridgehead atoms. The van der Waals surface area contributed by atoms with E-state index in [-0.39, 0.29) is 12.1 Å². The Balaban J connectivity index is 2.38. The van der Waals surface area contributed by atoms with Crippen molar-refractivity contribution in [1.82, 2.24) is 15.0 Å². The van der Waals surface area contributed by atoms with Crippen LogP contribution in [-0.4, -0.2) is 31.0 Å². The molecule has 2 rings (SSSR count). The van der Waals surface area contributed by atoms with Gasteiger partial charge in [0.15, 0.2) is 0 Å². The summed E-state index contributed by atoms with van der Waals surface area (Å²) in [5.74, 6) is -0.949. The number of aliphatic carboxylic acids is 1. The van der Waals surface area contributed by atoms with Crippen molar-refractivity contribution in [2.45, 2.75) is 19.4 Å². The smallest absolute Gasteiger partial charge is 0.305 e. The van der Waals surface area contributed by atoms with E-state index in [4.69, 9.17) is 5.11 Å². The van der Waals surface area contributed by atoms with Crippen LogP contribution in [0, 0.1) is 10.1 Å². The molecule has 0 aliphatic rings. The summed E-state index contributed by atoms with van der Waals surface area (Å²) < 4.78 is 0. The Morgan fingerprint density at radius 1 is 1.50 bits per heavy atom. The fourth-order valence-corrected chi connectivity index (χ4v) is 1.56. The second-order valence-electron chi connectivity index (χ2n) is 3.90. The quantitative estimate of drug-likeness (QED) is 0.648. The fourth-order valence-electron chi connectivity index (χ4n) is 1.56. The third-order valence-electron chi connectivity index (χ3n) is 2.45. The summed E-state index contributed by atoms with van der Waals surface area (Å²) in [4.78, 5) is 21.9. The number of nitro groups is 1. The number of carboxylic acids is 1. The number of nitrogens with zero attached hydrogens (tertiary/aromatic N) is 4. The molecule has 2 aromatic rings. The molecule has 8 nitrogen and oxygen atoms in total. The highest BCUT2D eigenvalue weighted by Gasteiger charge is 2.15. The van der Waals surface area contributed by atoms with Crippen LogP contribution in [0.2, 0.25) is 0 Å². The van der Waals surface area contributed by atoms with Crippen molar-refractivity contribution in [2.24, 2.45) is 0 Å². The number of fused-ring (bicyclic) bond motifs is 1. The van der Waals surface area contributed by atoms with Gasteiger partial charge < -0.3 is 5.11 Å². The molecule has 1 N–H and O–H groups in total. The lowest BCUT2D eigenvalue weighted by atomic mass is 10.2. The van der Waals surface area contributed by atoms with Crippen LogP contribution in [0.4, 0.5) is 5.69 Å². The van der Waals surface area contributed by atoms with Crippen molar-refractivity contribution in [2.75, 3.05) is 0 Å². The summed E-state index contributed by atoms with van der Waals surface area (Å²) in [5.41, 5.74) is 0.805. The minimum atomic E-state index is -0.949. The Bertz CT molecular complexity index is 621. The molecule has 94 valence electrons. The van der Waals surface area contributed by atoms with Gasteiger partial charge in [0, 0.05) is 12.1 Å². The van der Waals surface area contributed by atoms with Crippen LogP contribution in [-0.2, 0) is 4.79 Å². The lowest BCUT2D eigenvalue weighted by Crippen LogP contribution is -2.13. The summed E-state index contributed by atoms with van der Waals surface area (Å²) in [6.45, 7) is 1.67. The van der Waals surface area contributed by atoms with Crippen molar-refractivity contribution < 1.29 is 14.8 Å². The standard InChI is InChI=1S/C10H10N4O4/c1-6(4-10(15)16)13-11-8-3-2-7(14(17)18)5-9(8)12-13/h2-3,5-6H,4H2,1H3,(H,15,16)/t6-/m1/s1. The number of aromatic nitrogens is 3. The third-order valence-corrected chi connectivity index (χ3v) is 2.45. The van der Waals surface area contributed by atoms with Gasteiger partial charge in [0.05, 0.1) is 17.4 Å². The molecule has 0 amide bonds. The zero-order valence-corrected chi connectivity index (χ0v) is 9.48. The van der Waals surface area contributed by atoms with Crippen LogP contribution < -0.4 is 0 Å². The molecule has 0 unspecified atom stereocenters. The number of carboxylic acid groups (broad SMARTS) is 1. The zero-order chi connectivity index (χ0) is 13.3. The summed E-state index contributed by atoms with van der Waals surface area (Å²) >= 11 is 0. The van der Waals surface area contributed by atoms with Gasteiger partial charge in [-0.1, -0.05) is 0 Å². The van der Waals surface area contributed by atoms with Gasteiger partial charge in [-0.3, -0.25) is 14.9 Å². The molecule has 0 radical (unpaired) electrons. The third kappa shape index (κ3) is 2.26. The number of rotatable bonds is 4. The maximum absolute atomic E-state index is 10.6. The van der Waals surface area contributed by atoms with Crippen LogP contribution in [0.3, 0.4) is 0 Å². The molecule has 1 aromatic carbocycles. The summed E-state index contributed by atoms with van der Waals surface area (Å²) in [6, 6.07) is 3.73. The first-order chi connectivity index (χ1) is 8.47. The number of benzene rings is 1. The predicted octanol–water partition coefficient (Wildman–Crippen LogP) is 1.38. The lowest BCUT2D eigenvalue weighted by molar-refractivity contribution is -0.384. The molecule has 18 heavy (non-hydrogen) atoms. The highest BCUT2D eigenvalue weighted by Crippen LogP contribution is 2.19. The molecule has 1 aromatic heterocycles. The van der Waals surface area contributed by atoms with Crippen LogP contribution >= 0.6 is 0 Å². The molecule has 0 saturated heterocycles. The van der Waals surface area contributed by atoms with Crippen molar-refractivity contribution in [3.05, 3.63) is 28.3 Å². The Morgan fingerprint density at radius 2 is 2.17 bits per heavy atom. The van der Waals surface area contributed by atoms with E-state index in [0.717, 1.165) is 0 Å². The van der Waals surface area contributed by atoms with E-state index in [9.17, 15) is 14.9 Å². The summed E-state index contributed by atoms with van der Waals surface area (Å²) in [7, 11) is 0. The molecule has 1 heterocycles. The van der Waals surface area contributed by atoms with Crippen LogP contribution in [0.15, 0.2) is 18.2 Å². The molecular weight excluding hydrogens is 240 g/mol. The normalized spacial score (nSPS) is 12.5. The van der Waals surface area contributed by atoms with Gasteiger partial charge >= 0.3 is 5.97 Å². The van der Waals surface area contributed by atoms with Crippen molar-refractivity contribution >= 4 is 22.7 Å². The maximum Gasteiger partial charge on any atom is 0.305 e. The van der Waals surface area contributed by atoms with E-state index in [0.29, 0.717) is 11.0 Å². The van der Waals surface area contributed by atoms with Gasteiger partial charge in [0.25, 0.3) is 5.69 Å². The number of carbonyl (C=O) groups is 1. The van der Waals surface area contributed by atoms with Gasteiger partial charge in [-0.2, -0.15) is 15.0 Å². The highest BCUT2D eigenvalue weighted by molar-refractivity contribution is 5.76. The lowest BCUT2D eigenvalue weighted by Gasteiger charge is -2.05. The zero-order valence-electron chi connectivity index (χ0n) is 9.48. The second kappa shape index (κ2) is 4.40. The fraction of sp³-hybridized carbons (Fsp3) is 0.300. The molecule has 0 aliphatic heterocycles. The maximum atomic E-state index is 10.6. The van der Waals surface area contributed by atoms with Gasteiger partial charge in [-0.15, -0.1) is 0 Å². The summed E-state index contributed by atoms with van der Waals surface area (Å²) in [6.07, 6.45) is -0.108. The molecular formula is C10H10N4O4. The molecule has 8 heteroatoms. The second-order valence-corrected chi connectivity index (χ2v) is 3.90. The van der Waals surface area contributed by atoms with Gasteiger partial charge in [0.2, 0.25) is 0 Å². The number of non-ortho nitro benzene ring substituents is 1. The van der Waals surface area contributed by atoms with Crippen LogP contribution in [0.1, 0.15) is 19.4 Å². The SMILES string of the molecule is C[C@H](CC(=O)O)n1nc2ccc([N+](=O)[O-])cc2n1. The van der Waals surface area contributed by atoms with Crippen LogP contribution in [0.5, 0.6) is 0 Å². The van der Waals surface area contributed by atoms with E-state index in [1.807, 2.05) is 0 Å². The van der Waals surface area contributed by atoms with Gasteiger partial charge in [-0.25, -0.2) is 0 Å². The average molecular weight is 250 g/mol. The van der Waals surface area contributed by atoms with Crippen molar-refractivity contribution in [1.29, 1.82) is 0 Å². The van der Waals surface area contributed by atoms with E-state index in [1.165, 1.54) is 23.0 Å². The molecule has 0 aliphatic carbocycles. The van der Waals surface area contributed by atoms with Crippen LogP contribution in [0.25, 0.3) is 11.0 Å². The topological polar surface area (TPSA) is 111 Å². The molecule has 0 spiro atoms. The minimum absolute atomic E-state index is 0.0690. The first-order valence-electron chi connectivity index (χ1n) is 5.20. The highest BCUT2D eigenvalue weighted by atomic mass is 16.6. The van der Waals surface area contributed by atoms with E-state index in [2.05, 4.69) is 10.2 Å². The monoisotopic (exact) mass is 250 g/mol. The first kappa shape index (κ1) is 12.0. The Hall–Kier alpha value is -2.51. The molecule has 0 saturated carbocycles. The van der Waals surface area contributed by atoms with E-state index >= 15 is 0 Å². The number of hydrogen-bond acceptors (Lipinski definition) is 5. The Labute approximate surface area is 101 Å². The number of nitro benzene ring substituents is 1. The van der Waals surface area contributed by atoms with Crippen molar-refractivity contribution in [3.8, 4) is 0 Å². The first-order valence-corrected chi connectivity index (χ1v) is 5.20. The molecule has 1 atom stereocenters. The van der Waals surface area contributed by atoms with Crippen molar-refractivity contribution in [3.63, 3.8) is 0 Å². The Morgan fingerprint density at radius 3 is 2.78 bits per heavy atom. The molecule has 0 fully saturated rings. The van der Waals surface area contributed by atoms with E-state index in [1.54, 1.807) is 6.92 Å². The largest absolute Gasteiger partial charge is 0.481 e. The van der Waals surface area contributed by atoms with Gasteiger partial charge in [-0.05, 0) is 13.0 Å². The number of hydrogen-bond donors (Lipinski definition) is 1.